The summed E-state index contributed by atoms with van der Waals surface area (Å²) in [4.78, 5) is 4.47. The average molecular weight is 565 g/mol. The van der Waals surface area contributed by atoms with Crippen LogP contribution in [-0.2, 0) is 6.42 Å². The second kappa shape index (κ2) is 26.1. The third kappa shape index (κ3) is 18.6. The van der Waals surface area contributed by atoms with Crippen molar-refractivity contribution in [2.24, 2.45) is 5.92 Å². The van der Waals surface area contributed by atoms with E-state index in [9.17, 15) is 0 Å². The second-order valence-corrected chi connectivity index (χ2v) is 13.0. The first-order chi connectivity index (χ1) is 20.3. The van der Waals surface area contributed by atoms with Crippen molar-refractivity contribution >= 4 is 0 Å². The van der Waals surface area contributed by atoms with E-state index in [1.54, 1.807) is 0 Å². The summed E-state index contributed by atoms with van der Waals surface area (Å²) >= 11 is 0. The van der Waals surface area contributed by atoms with Gasteiger partial charge in [-0.3, -0.25) is 0 Å². The first kappa shape index (κ1) is 35.6. The van der Waals surface area contributed by atoms with Crippen LogP contribution >= 0.6 is 0 Å². The summed E-state index contributed by atoms with van der Waals surface area (Å²) in [5.41, 5.74) is 1.50. The van der Waals surface area contributed by atoms with Gasteiger partial charge >= 0.3 is 0 Å². The number of benzene rings is 1. The molecule has 41 heavy (non-hydrogen) atoms. The van der Waals surface area contributed by atoms with Crippen molar-refractivity contribution in [1.82, 2.24) is 9.55 Å². The largest absolute Gasteiger partial charge is 0.334 e. The first-order valence-corrected chi connectivity index (χ1v) is 18.4. The molecule has 2 nitrogen and oxygen atoms in total. The van der Waals surface area contributed by atoms with E-state index in [2.05, 4.69) is 66.3 Å². The number of nitrogens with zero attached hydrogens (tertiary/aromatic N) is 2. The lowest BCUT2D eigenvalue weighted by atomic mass is 9.84. The molecule has 2 heteroatoms. The van der Waals surface area contributed by atoms with Crippen molar-refractivity contribution in [1.29, 1.82) is 0 Å². The van der Waals surface area contributed by atoms with Crippen LogP contribution in [0.5, 0.6) is 0 Å². The highest BCUT2D eigenvalue weighted by Crippen LogP contribution is 2.32. The Labute approximate surface area is 256 Å². The Morgan fingerprint density at radius 1 is 0.537 bits per heavy atom. The lowest BCUT2D eigenvalue weighted by Crippen LogP contribution is -2.21. The highest BCUT2D eigenvalue weighted by atomic mass is 15.1. The highest BCUT2D eigenvalue weighted by Gasteiger charge is 2.23. The van der Waals surface area contributed by atoms with E-state index in [-0.39, 0.29) is 0 Å². The lowest BCUT2D eigenvalue weighted by Gasteiger charge is -2.29. The molecule has 2 atom stereocenters. The Balaban J connectivity index is 1.73. The fourth-order valence-corrected chi connectivity index (χ4v) is 6.71. The molecule has 1 aromatic carbocycles. The van der Waals surface area contributed by atoms with Gasteiger partial charge in [0.2, 0.25) is 0 Å². The maximum Gasteiger partial charge on any atom is 0.0948 e. The van der Waals surface area contributed by atoms with Gasteiger partial charge in [-0.1, -0.05) is 192 Å². The van der Waals surface area contributed by atoms with Gasteiger partial charge in [-0.25, -0.2) is 4.98 Å². The molecule has 0 spiro atoms. The minimum Gasteiger partial charge on any atom is -0.334 e. The quantitative estimate of drug-likeness (QED) is 0.0898. The maximum atomic E-state index is 4.47. The van der Waals surface area contributed by atoms with Crippen molar-refractivity contribution in [3.05, 3.63) is 54.6 Å². The molecule has 2 unspecified atom stereocenters. The molecule has 0 aliphatic heterocycles. The van der Waals surface area contributed by atoms with Gasteiger partial charge in [0, 0.05) is 18.4 Å². The summed E-state index contributed by atoms with van der Waals surface area (Å²) in [5, 5.41) is 0. The van der Waals surface area contributed by atoms with E-state index in [0.717, 1.165) is 0 Å². The highest BCUT2D eigenvalue weighted by molar-refractivity contribution is 5.15. The van der Waals surface area contributed by atoms with Gasteiger partial charge < -0.3 is 4.57 Å². The Morgan fingerprint density at radius 2 is 0.976 bits per heavy atom. The molecule has 0 saturated carbocycles. The summed E-state index contributed by atoms with van der Waals surface area (Å²) in [6.45, 7) is 4.61. The molecule has 234 valence electrons. The average Bonchev–Trinajstić information content (AvgIpc) is 3.53. The zero-order valence-electron chi connectivity index (χ0n) is 27.6. The van der Waals surface area contributed by atoms with Crippen molar-refractivity contribution in [2.45, 2.75) is 187 Å². The Kier molecular flexibility index (Phi) is 22.7. The maximum absolute atomic E-state index is 4.47. The van der Waals surface area contributed by atoms with E-state index in [1.165, 1.54) is 173 Å². The zero-order chi connectivity index (χ0) is 29.1. The van der Waals surface area contributed by atoms with Crippen LogP contribution < -0.4 is 0 Å². The monoisotopic (exact) mass is 565 g/mol. The molecule has 0 fully saturated rings. The van der Waals surface area contributed by atoms with Crippen molar-refractivity contribution in [2.75, 3.05) is 0 Å². The summed E-state index contributed by atoms with van der Waals surface area (Å²) in [6, 6.07) is 11.8. The Hall–Kier alpha value is -1.57. The molecule has 0 aliphatic rings. The van der Waals surface area contributed by atoms with E-state index in [1.807, 2.05) is 6.20 Å². The first-order valence-electron chi connectivity index (χ1n) is 18.4. The molecule has 0 N–H and O–H groups in total. The predicted molar refractivity (Wildman–Crippen MR) is 182 cm³/mol. The zero-order valence-corrected chi connectivity index (χ0v) is 27.6. The van der Waals surface area contributed by atoms with E-state index in [4.69, 9.17) is 0 Å². The van der Waals surface area contributed by atoms with Crippen molar-refractivity contribution in [3.8, 4) is 0 Å². The number of imidazole rings is 1. The fourth-order valence-electron chi connectivity index (χ4n) is 6.71. The SMILES string of the molecule is CCCCCCCCCCCCCCC(Cc1ccccc1)C(CCCCCCCCCCCCC)n1ccnc1. The third-order valence-electron chi connectivity index (χ3n) is 9.32. The van der Waals surface area contributed by atoms with Gasteiger partial charge in [0.05, 0.1) is 6.33 Å². The molecule has 0 bridgehead atoms. The third-order valence-corrected chi connectivity index (χ3v) is 9.32. The van der Waals surface area contributed by atoms with Crippen LogP contribution in [0.2, 0.25) is 0 Å². The van der Waals surface area contributed by atoms with Crippen LogP contribution in [0.1, 0.15) is 186 Å². The van der Waals surface area contributed by atoms with Crippen molar-refractivity contribution < 1.29 is 0 Å². The lowest BCUT2D eigenvalue weighted by molar-refractivity contribution is 0.275. The summed E-state index contributed by atoms with van der Waals surface area (Å²) in [6.07, 6.45) is 42.8. The molecule has 1 aromatic heterocycles. The van der Waals surface area contributed by atoms with Crippen LogP contribution in [0.4, 0.5) is 0 Å². The normalized spacial score (nSPS) is 13.0. The topological polar surface area (TPSA) is 17.8 Å². The van der Waals surface area contributed by atoms with Crippen molar-refractivity contribution in [3.63, 3.8) is 0 Å². The van der Waals surface area contributed by atoms with E-state index < -0.39 is 0 Å². The van der Waals surface area contributed by atoms with Gasteiger partial charge in [0.1, 0.15) is 0 Å². The molecule has 2 aromatic rings. The van der Waals surface area contributed by atoms with Crippen LogP contribution in [0.25, 0.3) is 0 Å². The van der Waals surface area contributed by atoms with Crippen LogP contribution in [-0.4, -0.2) is 9.55 Å². The Bertz CT molecular complexity index is 768. The number of rotatable bonds is 29. The summed E-state index contributed by atoms with van der Waals surface area (Å²) in [5.74, 6) is 0.692. The second-order valence-electron chi connectivity index (χ2n) is 13.0. The predicted octanol–water partition coefficient (Wildman–Crippen LogP) is 13.1. The van der Waals surface area contributed by atoms with E-state index in [0.29, 0.717) is 12.0 Å². The molecule has 1 heterocycles. The molecule has 0 saturated heterocycles. The fraction of sp³-hybridized carbons (Fsp3) is 0.769. The molecular formula is C39H68N2. The standard InChI is InChI=1S/C39H68N2/c1-3-5-7-9-11-13-15-17-18-20-22-27-31-38(35-37-29-25-24-26-30-37)39(41-34-33-40-36-41)32-28-23-21-19-16-14-12-10-8-6-4-2/h24-26,29-30,33-34,36,38-39H,3-23,27-28,31-32,35H2,1-2H3. The van der Waals surface area contributed by atoms with Crippen LogP contribution in [0.3, 0.4) is 0 Å². The van der Waals surface area contributed by atoms with Gasteiger partial charge in [0.15, 0.2) is 0 Å². The van der Waals surface area contributed by atoms with Gasteiger partial charge in [-0.15, -0.1) is 0 Å². The van der Waals surface area contributed by atoms with E-state index >= 15 is 0 Å². The minimum absolute atomic E-state index is 0.573. The van der Waals surface area contributed by atoms with Crippen LogP contribution in [0, 0.1) is 5.92 Å². The number of unbranched alkanes of at least 4 members (excludes halogenated alkanes) is 21. The molecular weight excluding hydrogens is 496 g/mol. The van der Waals surface area contributed by atoms with Gasteiger partial charge in [0.25, 0.3) is 0 Å². The summed E-state index contributed by atoms with van der Waals surface area (Å²) < 4.78 is 2.45. The van der Waals surface area contributed by atoms with Gasteiger partial charge in [-0.05, 0) is 30.7 Å². The van der Waals surface area contributed by atoms with Crippen LogP contribution in [0.15, 0.2) is 49.1 Å². The Morgan fingerprint density at radius 3 is 1.41 bits per heavy atom. The minimum atomic E-state index is 0.573. The molecule has 0 radical (unpaired) electrons. The van der Waals surface area contributed by atoms with Gasteiger partial charge in [-0.2, -0.15) is 0 Å². The molecule has 2 rings (SSSR count). The number of aromatic nitrogens is 2. The smallest absolute Gasteiger partial charge is 0.0948 e. The molecule has 0 amide bonds. The molecule has 0 aliphatic carbocycles. The number of hydrogen-bond donors (Lipinski definition) is 0. The summed E-state index contributed by atoms with van der Waals surface area (Å²) in [7, 11) is 0. The number of hydrogen-bond acceptors (Lipinski definition) is 1.